The highest BCUT2D eigenvalue weighted by atomic mass is 16.2. The number of amides is 2. The van der Waals surface area contributed by atoms with Crippen LogP contribution in [0.4, 0.5) is 5.69 Å². The Morgan fingerprint density at radius 3 is 2.76 bits per heavy atom. The van der Waals surface area contributed by atoms with Crippen LogP contribution in [0.15, 0.2) is 18.2 Å². The number of anilines is 1. The van der Waals surface area contributed by atoms with Crippen molar-refractivity contribution >= 4 is 17.5 Å². The number of hydrogen-bond donors (Lipinski definition) is 3. The Bertz CT molecular complexity index is 638. The van der Waals surface area contributed by atoms with Gasteiger partial charge < -0.3 is 16.0 Å². The third-order valence-electron chi connectivity index (χ3n) is 5.60. The Labute approximate surface area is 150 Å². The molecular weight excluding hydrogens is 314 g/mol. The van der Waals surface area contributed by atoms with Gasteiger partial charge in [-0.15, -0.1) is 0 Å². The van der Waals surface area contributed by atoms with Crippen LogP contribution in [0.3, 0.4) is 0 Å². The van der Waals surface area contributed by atoms with Crippen LogP contribution in [0.2, 0.25) is 0 Å². The van der Waals surface area contributed by atoms with E-state index in [1.54, 1.807) is 0 Å². The molecule has 3 N–H and O–H groups in total. The van der Waals surface area contributed by atoms with Crippen molar-refractivity contribution in [2.24, 2.45) is 11.8 Å². The molecule has 1 saturated heterocycles. The first-order valence-electron chi connectivity index (χ1n) is 9.45. The highest BCUT2D eigenvalue weighted by molar-refractivity contribution is 5.93. The van der Waals surface area contributed by atoms with Crippen molar-refractivity contribution < 1.29 is 9.59 Å². The van der Waals surface area contributed by atoms with E-state index in [-0.39, 0.29) is 17.9 Å². The lowest BCUT2D eigenvalue weighted by atomic mass is 9.84. The molecule has 1 aromatic rings. The van der Waals surface area contributed by atoms with Crippen LogP contribution in [0.1, 0.15) is 56.7 Å². The van der Waals surface area contributed by atoms with Gasteiger partial charge in [0.25, 0.3) is 0 Å². The molecule has 25 heavy (non-hydrogen) atoms. The van der Waals surface area contributed by atoms with Crippen LogP contribution < -0.4 is 16.0 Å². The molecule has 0 spiro atoms. The molecule has 5 heteroatoms. The highest BCUT2D eigenvalue weighted by Crippen LogP contribution is 2.27. The number of rotatable bonds is 5. The van der Waals surface area contributed by atoms with Crippen molar-refractivity contribution in [1.29, 1.82) is 0 Å². The number of fused-ring (bicyclic) bond motifs is 1. The van der Waals surface area contributed by atoms with E-state index in [9.17, 15) is 9.59 Å². The van der Waals surface area contributed by atoms with Crippen LogP contribution in [0.25, 0.3) is 0 Å². The quantitative estimate of drug-likeness (QED) is 0.770. The standard InChI is InChI=1S/C20H29N3O2/c1-13(15-7-9-21-10-8-15)11-20(25)22-14(2)16-3-5-18-17(12-16)4-6-19(24)23-18/h3,5,12-15,21H,4,6-11H2,1-2H3,(H,22,25)(H,23,24). The Kier molecular flexibility index (Phi) is 5.74. The van der Waals surface area contributed by atoms with E-state index in [1.165, 1.54) is 12.8 Å². The summed E-state index contributed by atoms with van der Waals surface area (Å²) in [6.07, 6.45) is 4.23. The van der Waals surface area contributed by atoms with Crippen molar-refractivity contribution in [2.75, 3.05) is 18.4 Å². The van der Waals surface area contributed by atoms with Crippen molar-refractivity contribution in [3.63, 3.8) is 0 Å². The van der Waals surface area contributed by atoms with Crippen molar-refractivity contribution in [1.82, 2.24) is 10.6 Å². The molecule has 0 saturated carbocycles. The molecule has 136 valence electrons. The minimum Gasteiger partial charge on any atom is -0.350 e. The SMILES string of the molecule is CC(NC(=O)CC(C)C1CCNCC1)c1ccc2c(c1)CCC(=O)N2. The van der Waals surface area contributed by atoms with E-state index in [0.717, 1.165) is 36.3 Å². The minimum absolute atomic E-state index is 0.0179. The second-order valence-electron chi connectivity index (χ2n) is 7.52. The first-order valence-corrected chi connectivity index (χ1v) is 9.45. The van der Waals surface area contributed by atoms with Gasteiger partial charge in [0.1, 0.15) is 0 Å². The largest absolute Gasteiger partial charge is 0.350 e. The van der Waals surface area contributed by atoms with Crippen LogP contribution in [-0.4, -0.2) is 24.9 Å². The van der Waals surface area contributed by atoms with Gasteiger partial charge in [-0.05, 0) is 68.3 Å². The fourth-order valence-corrected chi connectivity index (χ4v) is 3.93. The smallest absolute Gasteiger partial charge is 0.224 e. The third-order valence-corrected chi connectivity index (χ3v) is 5.60. The summed E-state index contributed by atoms with van der Waals surface area (Å²) in [6, 6.07) is 6.03. The van der Waals surface area contributed by atoms with Crippen molar-refractivity contribution in [2.45, 2.75) is 52.0 Å². The number of hydrogen-bond acceptors (Lipinski definition) is 3. The molecule has 2 heterocycles. The topological polar surface area (TPSA) is 70.2 Å². The Hall–Kier alpha value is -1.88. The van der Waals surface area contributed by atoms with Crippen molar-refractivity contribution in [3.8, 4) is 0 Å². The molecule has 5 nitrogen and oxygen atoms in total. The van der Waals surface area contributed by atoms with E-state index in [2.05, 4.69) is 28.9 Å². The van der Waals surface area contributed by atoms with Crippen LogP contribution >= 0.6 is 0 Å². The van der Waals surface area contributed by atoms with Gasteiger partial charge in [0, 0.05) is 18.5 Å². The maximum absolute atomic E-state index is 12.4. The van der Waals surface area contributed by atoms with Gasteiger partial charge in [-0.3, -0.25) is 9.59 Å². The van der Waals surface area contributed by atoms with Gasteiger partial charge in [-0.2, -0.15) is 0 Å². The molecule has 2 aliphatic rings. The average Bonchev–Trinajstić information content (AvgIpc) is 2.61. The van der Waals surface area contributed by atoms with Gasteiger partial charge >= 0.3 is 0 Å². The van der Waals surface area contributed by atoms with E-state index in [4.69, 9.17) is 0 Å². The molecule has 1 fully saturated rings. The van der Waals surface area contributed by atoms with Gasteiger partial charge in [0.2, 0.25) is 11.8 Å². The number of piperidine rings is 1. The van der Waals surface area contributed by atoms with Crippen molar-refractivity contribution in [3.05, 3.63) is 29.3 Å². The predicted octanol–water partition coefficient (Wildman–Crippen LogP) is 2.77. The maximum Gasteiger partial charge on any atom is 0.224 e. The Balaban J connectivity index is 1.55. The predicted molar refractivity (Wildman–Crippen MR) is 99.3 cm³/mol. The fourth-order valence-electron chi connectivity index (χ4n) is 3.93. The molecule has 2 unspecified atom stereocenters. The summed E-state index contributed by atoms with van der Waals surface area (Å²) in [7, 11) is 0. The summed E-state index contributed by atoms with van der Waals surface area (Å²) in [5, 5.41) is 9.42. The monoisotopic (exact) mass is 343 g/mol. The molecule has 1 aromatic carbocycles. The second kappa shape index (κ2) is 8.00. The number of carbonyl (C=O) groups is 2. The molecule has 2 aliphatic heterocycles. The normalized spacial score (nSPS) is 20.3. The fraction of sp³-hybridized carbons (Fsp3) is 0.600. The van der Waals surface area contributed by atoms with Crippen LogP contribution in [0, 0.1) is 11.8 Å². The lowest BCUT2D eigenvalue weighted by Gasteiger charge is -2.28. The number of carbonyl (C=O) groups excluding carboxylic acids is 2. The molecule has 0 aromatic heterocycles. The van der Waals surface area contributed by atoms with Crippen LogP contribution in [0.5, 0.6) is 0 Å². The van der Waals surface area contributed by atoms with Gasteiger partial charge in [0.15, 0.2) is 0 Å². The summed E-state index contributed by atoms with van der Waals surface area (Å²) in [5.41, 5.74) is 3.15. The summed E-state index contributed by atoms with van der Waals surface area (Å²) in [4.78, 5) is 23.9. The number of aryl methyl sites for hydroxylation is 1. The van der Waals surface area contributed by atoms with Crippen LogP contribution in [-0.2, 0) is 16.0 Å². The molecule has 0 aliphatic carbocycles. The zero-order valence-electron chi connectivity index (χ0n) is 15.2. The summed E-state index contributed by atoms with van der Waals surface area (Å²) in [6.45, 7) is 6.36. The van der Waals surface area contributed by atoms with E-state index in [0.29, 0.717) is 24.7 Å². The average molecular weight is 343 g/mol. The van der Waals surface area contributed by atoms with Gasteiger partial charge in [0.05, 0.1) is 6.04 Å². The number of benzene rings is 1. The van der Waals surface area contributed by atoms with E-state index in [1.807, 2.05) is 19.1 Å². The first kappa shape index (κ1) is 17.9. The van der Waals surface area contributed by atoms with Gasteiger partial charge in [-0.25, -0.2) is 0 Å². The summed E-state index contributed by atoms with van der Waals surface area (Å²) in [5.74, 6) is 1.28. The van der Waals surface area contributed by atoms with Gasteiger partial charge in [-0.1, -0.05) is 19.1 Å². The first-order chi connectivity index (χ1) is 12.0. The molecule has 2 atom stereocenters. The molecular formula is C20H29N3O2. The third kappa shape index (κ3) is 4.60. The van der Waals surface area contributed by atoms with E-state index >= 15 is 0 Å². The molecule has 2 amide bonds. The zero-order chi connectivity index (χ0) is 17.8. The molecule has 0 radical (unpaired) electrons. The lowest BCUT2D eigenvalue weighted by molar-refractivity contribution is -0.123. The lowest BCUT2D eigenvalue weighted by Crippen LogP contribution is -2.34. The zero-order valence-corrected chi connectivity index (χ0v) is 15.2. The molecule has 3 rings (SSSR count). The number of nitrogens with one attached hydrogen (secondary N) is 3. The van der Waals surface area contributed by atoms with E-state index < -0.39 is 0 Å². The second-order valence-corrected chi connectivity index (χ2v) is 7.52. The Morgan fingerprint density at radius 2 is 2.00 bits per heavy atom. The Morgan fingerprint density at radius 1 is 1.24 bits per heavy atom. The summed E-state index contributed by atoms with van der Waals surface area (Å²) < 4.78 is 0. The minimum atomic E-state index is -0.0179. The molecule has 0 bridgehead atoms. The summed E-state index contributed by atoms with van der Waals surface area (Å²) >= 11 is 0. The maximum atomic E-state index is 12.4. The highest BCUT2D eigenvalue weighted by Gasteiger charge is 2.23.